The zero-order valence-corrected chi connectivity index (χ0v) is 14.0. The Kier molecular flexibility index (Phi) is 4.96. The predicted molar refractivity (Wildman–Crippen MR) is 97.4 cm³/mol. The van der Waals surface area contributed by atoms with E-state index in [-0.39, 0.29) is 18.2 Å². The fraction of sp³-hybridized carbons (Fsp3) is 0.167. The van der Waals surface area contributed by atoms with Crippen molar-refractivity contribution >= 4 is 40.7 Å². The van der Waals surface area contributed by atoms with Crippen molar-refractivity contribution in [3.05, 3.63) is 54.6 Å². The van der Waals surface area contributed by atoms with E-state index < -0.39 is 0 Å². The van der Waals surface area contributed by atoms with Crippen LogP contribution < -0.4 is 10.3 Å². The van der Waals surface area contributed by atoms with Crippen molar-refractivity contribution < 1.29 is 9.59 Å². The van der Waals surface area contributed by atoms with Crippen molar-refractivity contribution in [2.45, 2.75) is 17.7 Å². The van der Waals surface area contributed by atoms with Gasteiger partial charge in [0.1, 0.15) is 5.71 Å². The van der Waals surface area contributed by atoms with E-state index in [9.17, 15) is 9.59 Å². The molecular weight excluding hydrogens is 322 g/mol. The van der Waals surface area contributed by atoms with E-state index >= 15 is 0 Å². The number of carbonyl (C=O) groups is 2. The average Bonchev–Trinajstić information content (AvgIpc) is 2.63. The molecule has 1 aliphatic heterocycles. The maximum absolute atomic E-state index is 12.5. The number of nitrogens with zero attached hydrogens (tertiary/aromatic N) is 2. The number of hydrazone groups is 1. The van der Waals surface area contributed by atoms with Crippen LogP contribution in [0.5, 0.6) is 0 Å². The summed E-state index contributed by atoms with van der Waals surface area (Å²) in [6.07, 6.45) is 2.59. The Morgan fingerprint density at radius 1 is 1.12 bits per heavy atom. The van der Waals surface area contributed by atoms with Crippen LogP contribution in [0.2, 0.25) is 0 Å². The molecule has 0 atom stereocenters. The highest BCUT2D eigenvalue weighted by Crippen LogP contribution is 2.21. The number of thioether (sulfide) groups is 1. The molecule has 1 N–H and O–H groups in total. The Hall–Kier alpha value is -2.60. The van der Waals surface area contributed by atoms with Gasteiger partial charge in [0.15, 0.2) is 0 Å². The molecule has 2 aromatic carbocycles. The maximum Gasteiger partial charge on any atom is 0.271 e. The highest BCUT2D eigenvalue weighted by Gasteiger charge is 2.25. The summed E-state index contributed by atoms with van der Waals surface area (Å²) in [7, 11) is 0. The van der Waals surface area contributed by atoms with Gasteiger partial charge in [0, 0.05) is 23.4 Å². The summed E-state index contributed by atoms with van der Waals surface area (Å²) in [6.45, 7) is 0. The van der Waals surface area contributed by atoms with Gasteiger partial charge in [0.05, 0.1) is 5.69 Å². The molecule has 0 fully saturated rings. The standard InChI is InChI=1S/C18H17N3O2S/c1-24-15-9-5-6-13(12-15)19-18(23)16-10-11-17(22)21(20-16)14-7-3-2-4-8-14/h2-9,12H,10-11H2,1H3,(H,19,23). The number of hydrogen-bond donors (Lipinski definition) is 1. The average molecular weight is 339 g/mol. The second-order valence-corrected chi connectivity index (χ2v) is 6.15. The Labute approximate surface area is 144 Å². The van der Waals surface area contributed by atoms with Gasteiger partial charge >= 0.3 is 0 Å². The van der Waals surface area contributed by atoms with Crippen molar-refractivity contribution in [2.75, 3.05) is 16.6 Å². The van der Waals surface area contributed by atoms with Crippen LogP contribution in [-0.2, 0) is 9.59 Å². The van der Waals surface area contributed by atoms with Gasteiger partial charge in [-0.1, -0.05) is 24.3 Å². The molecule has 0 saturated heterocycles. The first-order valence-corrected chi connectivity index (χ1v) is 8.81. The van der Waals surface area contributed by atoms with Crippen LogP contribution >= 0.6 is 11.8 Å². The zero-order chi connectivity index (χ0) is 16.9. The molecule has 0 saturated carbocycles. The maximum atomic E-state index is 12.5. The first-order chi connectivity index (χ1) is 11.7. The van der Waals surface area contributed by atoms with Crippen molar-refractivity contribution in [1.82, 2.24) is 0 Å². The fourth-order valence-corrected chi connectivity index (χ4v) is 2.85. The van der Waals surface area contributed by atoms with E-state index in [1.165, 1.54) is 5.01 Å². The second kappa shape index (κ2) is 7.31. The molecule has 5 nitrogen and oxygen atoms in total. The summed E-state index contributed by atoms with van der Waals surface area (Å²) in [5.74, 6) is -0.385. The summed E-state index contributed by atoms with van der Waals surface area (Å²) < 4.78 is 0. The lowest BCUT2D eigenvalue weighted by Crippen LogP contribution is -2.36. The predicted octanol–water partition coefficient (Wildman–Crippen LogP) is 3.53. The summed E-state index contributed by atoms with van der Waals surface area (Å²) in [4.78, 5) is 25.6. The summed E-state index contributed by atoms with van der Waals surface area (Å²) >= 11 is 1.61. The fourth-order valence-electron chi connectivity index (χ4n) is 2.39. The van der Waals surface area contributed by atoms with E-state index in [4.69, 9.17) is 0 Å². The highest BCUT2D eigenvalue weighted by atomic mass is 32.2. The van der Waals surface area contributed by atoms with Crippen LogP contribution in [-0.4, -0.2) is 23.8 Å². The summed E-state index contributed by atoms with van der Waals surface area (Å²) in [6, 6.07) is 16.7. The van der Waals surface area contributed by atoms with Crippen molar-refractivity contribution in [1.29, 1.82) is 0 Å². The molecule has 0 unspecified atom stereocenters. The normalized spacial score (nSPS) is 14.3. The van der Waals surface area contributed by atoms with Gasteiger partial charge < -0.3 is 5.32 Å². The Morgan fingerprint density at radius 3 is 2.67 bits per heavy atom. The molecule has 0 radical (unpaired) electrons. The minimum Gasteiger partial charge on any atom is -0.321 e. The van der Waals surface area contributed by atoms with Gasteiger partial charge in [0.2, 0.25) is 5.91 Å². The molecule has 6 heteroatoms. The first-order valence-electron chi connectivity index (χ1n) is 7.58. The van der Waals surface area contributed by atoms with Crippen molar-refractivity contribution in [3.63, 3.8) is 0 Å². The lowest BCUT2D eigenvalue weighted by molar-refractivity contribution is -0.118. The van der Waals surface area contributed by atoms with Crippen LogP contribution in [0.3, 0.4) is 0 Å². The molecule has 0 aliphatic carbocycles. The number of carbonyl (C=O) groups excluding carboxylic acids is 2. The van der Waals surface area contributed by atoms with Crippen LogP contribution in [0.1, 0.15) is 12.8 Å². The first kappa shape index (κ1) is 16.3. The van der Waals surface area contributed by atoms with E-state index in [2.05, 4.69) is 10.4 Å². The molecule has 1 heterocycles. The van der Waals surface area contributed by atoms with Gasteiger partial charge in [-0.15, -0.1) is 11.8 Å². The van der Waals surface area contributed by atoms with Gasteiger partial charge in [-0.2, -0.15) is 5.10 Å². The van der Waals surface area contributed by atoms with Crippen LogP contribution in [0.25, 0.3) is 0 Å². The third kappa shape index (κ3) is 3.65. The molecule has 2 amide bonds. The van der Waals surface area contributed by atoms with Crippen molar-refractivity contribution in [2.24, 2.45) is 5.10 Å². The van der Waals surface area contributed by atoms with Gasteiger partial charge in [-0.3, -0.25) is 9.59 Å². The molecule has 122 valence electrons. The molecule has 0 spiro atoms. The molecule has 3 rings (SSSR count). The third-order valence-electron chi connectivity index (χ3n) is 3.62. The van der Waals surface area contributed by atoms with E-state index in [1.807, 2.05) is 48.7 Å². The lowest BCUT2D eigenvalue weighted by Gasteiger charge is -2.23. The molecule has 2 aromatic rings. The number of nitrogens with one attached hydrogen (secondary N) is 1. The Balaban J connectivity index is 1.80. The molecular formula is C18H17N3O2S. The topological polar surface area (TPSA) is 61.8 Å². The van der Waals surface area contributed by atoms with Gasteiger partial charge in [-0.25, -0.2) is 5.01 Å². The van der Waals surface area contributed by atoms with Crippen LogP contribution in [0.15, 0.2) is 64.6 Å². The zero-order valence-electron chi connectivity index (χ0n) is 13.2. The van der Waals surface area contributed by atoms with Gasteiger partial charge in [-0.05, 0) is 36.6 Å². The number of hydrogen-bond acceptors (Lipinski definition) is 4. The van der Waals surface area contributed by atoms with Crippen LogP contribution in [0.4, 0.5) is 11.4 Å². The largest absolute Gasteiger partial charge is 0.321 e. The number of benzene rings is 2. The van der Waals surface area contributed by atoms with E-state index in [0.717, 1.165) is 10.6 Å². The van der Waals surface area contributed by atoms with E-state index in [0.29, 0.717) is 17.8 Å². The summed E-state index contributed by atoms with van der Waals surface area (Å²) in [5.41, 5.74) is 1.74. The quantitative estimate of drug-likeness (QED) is 0.867. The lowest BCUT2D eigenvalue weighted by atomic mass is 10.1. The number of para-hydroxylation sites is 1. The Bertz CT molecular complexity index is 790. The van der Waals surface area contributed by atoms with Crippen LogP contribution in [0, 0.1) is 0 Å². The summed E-state index contributed by atoms with van der Waals surface area (Å²) in [5, 5.41) is 8.41. The third-order valence-corrected chi connectivity index (χ3v) is 4.35. The number of amides is 2. The number of rotatable bonds is 4. The molecule has 24 heavy (non-hydrogen) atoms. The van der Waals surface area contributed by atoms with Crippen molar-refractivity contribution in [3.8, 4) is 0 Å². The van der Waals surface area contributed by atoms with Gasteiger partial charge in [0.25, 0.3) is 5.91 Å². The molecule has 1 aliphatic rings. The number of anilines is 2. The smallest absolute Gasteiger partial charge is 0.271 e. The minimum absolute atomic E-state index is 0.109. The molecule has 0 bridgehead atoms. The monoisotopic (exact) mass is 339 g/mol. The second-order valence-electron chi connectivity index (χ2n) is 5.27. The highest BCUT2D eigenvalue weighted by molar-refractivity contribution is 7.98. The molecule has 0 aromatic heterocycles. The van der Waals surface area contributed by atoms with E-state index in [1.54, 1.807) is 23.9 Å². The SMILES string of the molecule is CSc1cccc(NC(=O)C2=NN(c3ccccc3)C(=O)CC2)c1. The Morgan fingerprint density at radius 2 is 1.92 bits per heavy atom. The minimum atomic E-state index is -0.276.